The van der Waals surface area contributed by atoms with E-state index in [-0.39, 0.29) is 12.3 Å². The van der Waals surface area contributed by atoms with Crippen molar-refractivity contribution < 1.29 is 34.4 Å². The summed E-state index contributed by atoms with van der Waals surface area (Å²) in [4.78, 5) is 62.9. The lowest BCUT2D eigenvalue weighted by molar-refractivity contribution is -0.149. The molecule has 0 spiro atoms. The summed E-state index contributed by atoms with van der Waals surface area (Å²) in [6, 6.07) is -2.81. The molecule has 1 fully saturated rings. The topological polar surface area (TPSA) is 226 Å². The van der Waals surface area contributed by atoms with Crippen LogP contribution in [0.4, 0.5) is 0 Å². The second-order valence-electron chi connectivity index (χ2n) is 9.25. The predicted molar refractivity (Wildman–Crippen MR) is 126 cm³/mol. The summed E-state index contributed by atoms with van der Waals surface area (Å²) in [6.45, 7) is 5.66. The molecular weight excluding hydrogens is 478 g/mol. The van der Waals surface area contributed by atoms with Crippen molar-refractivity contribution in [3.63, 3.8) is 0 Å². The smallest absolute Gasteiger partial charge is 0.330 e. The van der Waals surface area contributed by atoms with Gasteiger partial charge in [0.25, 0.3) is 5.56 Å². The molecule has 1 aromatic rings. The molecule has 0 radical (unpaired) electrons. The molecule has 0 saturated carbocycles. The van der Waals surface area contributed by atoms with Gasteiger partial charge in [0.1, 0.15) is 24.4 Å². The number of carboxylic acid groups (broad SMARTS) is 1. The molecule has 14 heteroatoms. The summed E-state index contributed by atoms with van der Waals surface area (Å²) >= 11 is 0. The number of aliphatic hydroxyl groups excluding tert-OH is 2. The molecule has 202 valence electrons. The van der Waals surface area contributed by atoms with Crippen LogP contribution in [0.3, 0.4) is 0 Å². The maximum Gasteiger partial charge on any atom is 0.330 e. The molecule has 1 aliphatic rings. The summed E-state index contributed by atoms with van der Waals surface area (Å²) in [7, 11) is 0. The number of carboxylic acids is 1. The minimum absolute atomic E-state index is 0.139. The van der Waals surface area contributed by atoms with Crippen LogP contribution in [0.15, 0.2) is 21.9 Å². The highest BCUT2D eigenvalue weighted by Gasteiger charge is 2.50. The molecule has 14 nitrogen and oxygen atoms in total. The number of H-pyrrole nitrogens is 1. The molecule has 1 aliphatic heterocycles. The van der Waals surface area contributed by atoms with E-state index in [1.807, 2.05) is 25.8 Å². The molecular formula is C22H35N5O9. The van der Waals surface area contributed by atoms with Crippen molar-refractivity contribution in [3.05, 3.63) is 33.1 Å². The molecule has 2 heterocycles. The zero-order valence-corrected chi connectivity index (χ0v) is 20.4. The van der Waals surface area contributed by atoms with Crippen molar-refractivity contribution >= 4 is 17.8 Å². The molecule has 7 atom stereocenters. The monoisotopic (exact) mass is 513 g/mol. The van der Waals surface area contributed by atoms with Crippen LogP contribution in [0.1, 0.15) is 52.7 Å². The van der Waals surface area contributed by atoms with Crippen LogP contribution in [0.25, 0.3) is 0 Å². The number of amides is 2. The van der Waals surface area contributed by atoms with E-state index < -0.39 is 71.7 Å². The number of nitrogens with one attached hydrogen (secondary N) is 3. The van der Waals surface area contributed by atoms with Crippen LogP contribution < -0.4 is 27.6 Å². The first-order chi connectivity index (χ1) is 16.9. The molecule has 1 aromatic heterocycles. The van der Waals surface area contributed by atoms with Gasteiger partial charge in [0.2, 0.25) is 11.8 Å². The van der Waals surface area contributed by atoms with Gasteiger partial charge in [-0.3, -0.25) is 23.9 Å². The van der Waals surface area contributed by atoms with Gasteiger partial charge in [0, 0.05) is 12.3 Å². The minimum atomic E-state index is -1.84. The number of carbonyl (C=O) groups is 3. The first kappa shape index (κ1) is 29.2. The number of aliphatic hydroxyl groups is 2. The van der Waals surface area contributed by atoms with Crippen LogP contribution in [-0.2, 0) is 19.1 Å². The predicted octanol–water partition coefficient (Wildman–Crippen LogP) is -2.23. The first-order valence-corrected chi connectivity index (χ1v) is 11.8. The van der Waals surface area contributed by atoms with Crippen molar-refractivity contribution in [1.82, 2.24) is 20.2 Å². The minimum Gasteiger partial charge on any atom is -0.480 e. The number of aliphatic carboxylic acids is 1. The number of nitrogens with two attached hydrogens (primary N) is 1. The van der Waals surface area contributed by atoms with Gasteiger partial charge in [-0.25, -0.2) is 9.59 Å². The van der Waals surface area contributed by atoms with Crippen molar-refractivity contribution in [1.29, 1.82) is 0 Å². The van der Waals surface area contributed by atoms with Gasteiger partial charge < -0.3 is 36.4 Å². The van der Waals surface area contributed by atoms with E-state index >= 15 is 0 Å². The fourth-order valence-corrected chi connectivity index (χ4v) is 3.93. The average Bonchev–Trinajstić information content (AvgIpc) is 3.08. The summed E-state index contributed by atoms with van der Waals surface area (Å²) in [5, 5.41) is 35.5. The highest BCUT2D eigenvalue weighted by Crippen LogP contribution is 2.30. The SMILES string of the molecule is CCCCC(NC(=O)C(N)CC(C)C)C(=O)NC(C(=O)O)[C@H]1O[C@@H](n2ccc(=O)[nH]c2=O)[C@H](O)[C@@H]1O. The normalized spacial score (nSPS) is 24.2. The lowest BCUT2D eigenvalue weighted by Gasteiger charge is -2.26. The number of nitrogens with zero attached hydrogens (tertiary/aromatic N) is 1. The molecule has 1 saturated heterocycles. The van der Waals surface area contributed by atoms with E-state index in [0.29, 0.717) is 19.3 Å². The Kier molecular flexibility index (Phi) is 10.3. The van der Waals surface area contributed by atoms with Crippen molar-refractivity contribution in [2.45, 2.75) is 89.1 Å². The third-order valence-electron chi connectivity index (χ3n) is 5.83. The number of hydrogen-bond acceptors (Lipinski definition) is 9. The molecule has 0 aromatic carbocycles. The number of carbonyl (C=O) groups excluding carboxylic acids is 2. The van der Waals surface area contributed by atoms with Crippen molar-refractivity contribution in [2.75, 3.05) is 0 Å². The van der Waals surface area contributed by atoms with Crippen molar-refractivity contribution in [2.24, 2.45) is 11.7 Å². The van der Waals surface area contributed by atoms with Crippen molar-refractivity contribution in [3.8, 4) is 0 Å². The summed E-state index contributed by atoms with van der Waals surface area (Å²) in [5.74, 6) is -2.83. The summed E-state index contributed by atoms with van der Waals surface area (Å²) in [5.41, 5.74) is 4.25. The largest absolute Gasteiger partial charge is 0.480 e. The van der Waals surface area contributed by atoms with E-state index in [4.69, 9.17) is 10.5 Å². The average molecular weight is 514 g/mol. The standard InChI is InChI=1S/C22H35N5O9/c1-4-5-6-12(24-18(31)11(23)9-10(2)3)19(32)26-14(21(33)34)17-15(29)16(30)20(36-17)27-8-7-13(28)25-22(27)35/h7-8,10-12,14-17,20,29-30H,4-6,9,23H2,1-3H3,(H,24,31)(H,26,32)(H,33,34)(H,25,28,35)/t11?,12?,14?,15-,16+,17+,20+/m0/s1. The number of ether oxygens (including phenoxy) is 1. The first-order valence-electron chi connectivity index (χ1n) is 11.8. The van der Waals surface area contributed by atoms with Gasteiger partial charge >= 0.3 is 11.7 Å². The van der Waals surface area contributed by atoms with Crippen LogP contribution >= 0.6 is 0 Å². The highest BCUT2D eigenvalue weighted by molar-refractivity contribution is 5.92. The summed E-state index contributed by atoms with van der Waals surface area (Å²) < 4.78 is 6.27. The number of aromatic nitrogens is 2. The maximum atomic E-state index is 13.0. The fraction of sp³-hybridized carbons (Fsp3) is 0.682. The van der Waals surface area contributed by atoms with Gasteiger partial charge in [-0.1, -0.05) is 33.6 Å². The maximum absolute atomic E-state index is 13.0. The fourth-order valence-electron chi connectivity index (χ4n) is 3.93. The Bertz CT molecular complexity index is 1040. The van der Waals surface area contributed by atoms with Gasteiger partial charge in [-0.05, 0) is 18.8 Å². The highest BCUT2D eigenvalue weighted by atomic mass is 16.6. The van der Waals surface area contributed by atoms with E-state index in [1.165, 1.54) is 0 Å². The molecule has 2 amide bonds. The molecule has 2 rings (SSSR count). The Labute approximate surface area is 206 Å². The van der Waals surface area contributed by atoms with Crippen LogP contribution in [0, 0.1) is 5.92 Å². The number of unbranched alkanes of at least 4 members (excludes halogenated alkanes) is 1. The zero-order valence-electron chi connectivity index (χ0n) is 20.4. The van der Waals surface area contributed by atoms with Gasteiger partial charge in [0.15, 0.2) is 12.3 Å². The lowest BCUT2D eigenvalue weighted by atomic mass is 10.0. The van der Waals surface area contributed by atoms with Crippen LogP contribution in [-0.4, -0.2) is 79.1 Å². The second-order valence-corrected chi connectivity index (χ2v) is 9.25. The van der Waals surface area contributed by atoms with E-state index in [1.54, 1.807) is 0 Å². The van der Waals surface area contributed by atoms with E-state index in [9.17, 15) is 39.3 Å². The summed E-state index contributed by atoms with van der Waals surface area (Å²) in [6.07, 6.45) is -3.87. The third kappa shape index (κ3) is 7.22. The Morgan fingerprint density at radius 1 is 1.17 bits per heavy atom. The van der Waals surface area contributed by atoms with Gasteiger partial charge in [-0.2, -0.15) is 0 Å². The Morgan fingerprint density at radius 3 is 2.39 bits per heavy atom. The second kappa shape index (κ2) is 12.8. The van der Waals surface area contributed by atoms with Crippen LogP contribution in [0.2, 0.25) is 0 Å². The molecule has 8 N–H and O–H groups in total. The lowest BCUT2D eigenvalue weighted by Crippen LogP contribution is -2.58. The third-order valence-corrected chi connectivity index (χ3v) is 5.83. The molecule has 0 bridgehead atoms. The quantitative estimate of drug-likeness (QED) is 0.159. The Morgan fingerprint density at radius 2 is 1.83 bits per heavy atom. The van der Waals surface area contributed by atoms with Gasteiger partial charge in [0.05, 0.1) is 6.04 Å². The van der Waals surface area contributed by atoms with Gasteiger partial charge in [-0.15, -0.1) is 0 Å². The number of aromatic amines is 1. The molecule has 36 heavy (non-hydrogen) atoms. The zero-order chi connectivity index (χ0) is 27.2. The van der Waals surface area contributed by atoms with Crippen LogP contribution in [0.5, 0.6) is 0 Å². The Hall–Kier alpha value is -3.07. The Balaban J connectivity index is 2.22. The number of hydrogen-bond donors (Lipinski definition) is 7. The molecule has 0 aliphatic carbocycles. The number of rotatable bonds is 12. The molecule has 3 unspecified atom stereocenters. The van der Waals surface area contributed by atoms with E-state index in [0.717, 1.165) is 16.8 Å². The van der Waals surface area contributed by atoms with E-state index in [2.05, 4.69) is 10.6 Å².